The molecular formula is C14H25BrN2O. The highest BCUT2D eigenvalue weighted by Crippen LogP contribution is 2.10. The highest BCUT2D eigenvalue weighted by atomic mass is 79.9. The molecule has 1 unspecified atom stereocenters. The minimum Gasteiger partial charge on any atom is -1.00 e. The van der Waals surface area contributed by atoms with E-state index >= 15 is 0 Å². The summed E-state index contributed by atoms with van der Waals surface area (Å²) in [5.41, 5.74) is 0. The molecule has 4 heteroatoms. The third-order valence-corrected chi connectivity index (χ3v) is 3.05. The molecule has 0 aromatic carbocycles. The van der Waals surface area contributed by atoms with Crippen molar-refractivity contribution in [1.29, 1.82) is 0 Å². The summed E-state index contributed by atoms with van der Waals surface area (Å²) in [6, 6.07) is 0. The molecule has 0 amide bonds. The van der Waals surface area contributed by atoms with Gasteiger partial charge in [0.15, 0.2) is 6.23 Å². The Morgan fingerprint density at radius 2 is 1.94 bits per heavy atom. The molecule has 0 bridgehead atoms. The zero-order chi connectivity index (χ0) is 12.5. The first-order valence-corrected chi connectivity index (χ1v) is 6.66. The quantitative estimate of drug-likeness (QED) is 0.509. The molecular weight excluding hydrogens is 292 g/mol. The van der Waals surface area contributed by atoms with Crippen LogP contribution in [0.3, 0.4) is 0 Å². The van der Waals surface area contributed by atoms with Crippen molar-refractivity contribution in [3.63, 3.8) is 0 Å². The van der Waals surface area contributed by atoms with Gasteiger partial charge in [0.1, 0.15) is 12.4 Å². The van der Waals surface area contributed by atoms with E-state index in [1.54, 1.807) is 6.20 Å². The second-order valence-electron chi connectivity index (χ2n) is 4.53. The molecule has 0 radical (unpaired) electrons. The monoisotopic (exact) mass is 316 g/mol. The highest BCUT2D eigenvalue weighted by Gasteiger charge is 2.11. The second kappa shape index (κ2) is 10.3. The number of hydrogen-bond acceptors (Lipinski definition) is 1. The third-order valence-electron chi connectivity index (χ3n) is 3.05. The van der Waals surface area contributed by atoms with E-state index in [2.05, 4.69) is 13.5 Å². The van der Waals surface area contributed by atoms with Crippen LogP contribution in [0.5, 0.6) is 0 Å². The Morgan fingerprint density at radius 3 is 2.56 bits per heavy atom. The lowest BCUT2D eigenvalue weighted by molar-refractivity contribution is -0.759. The lowest BCUT2D eigenvalue weighted by Crippen LogP contribution is -3.00. The van der Waals surface area contributed by atoms with Crippen LogP contribution in [0.2, 0.25) is 0 Å². The van der Waals surface area contributed by atoms with E-state index in [-0.39, 0.29) is 17.0 Å². The van der Waals surface area contributed by atoms with Crippen LogP contribution in [0.15, 0.2) is 25.3 Å². The zero-order valence-electron chi connectivity index (χ0n) is 11.3. The Kier molecular flexibility index (Phi) is 9.98. The van der Waals surface area contributed by atoms with E-state index in [1.807, 2.05) is 27.9 Å². The molecule has 1 atom stereocenters. The maximum Gasteiger partial charge on any atom is 0.250 e. The fourth-order valence-corrected chi connectivity index (χ4v) is 1.93. The maximum absolute atomic E-state index is 9.95. The molecule has 18 heavy (non-hydrogen) atoms. The van der Waals surface area contributed by atoms with E-state index < -0.39 is 6.23 Å². The first kappa shape index (κ1) is 17.4. The molecule has 0 saturated heterocycles. The van der Waals surface area contributed by atoms with Crippen LogP contribution in [0.1, 0.15) is 58.1 Å². The summed E-state index contributed by atoms with van der Waals surface area (Å²) in [5.74, 6) is 0. The van der Waals surface area contributed by atoms with Gasteiger partial charge < -0.3 is 22.1 Å². The van der Waals surface area contributed by atoms with Crippen LogP contribution in [0.4, 0.5) is 0 Å². The largest absolute Gasteiger partial charge is 1.00 e. The smallest absolute Gasteiger partial charge is 0.250 e. The lowest BCUT2D eigenvalue weighted by Gasteiger charge is -2.06. The van der Waals surface area contributed by atoms with Gasteiger partial charge in [0.05, 0.1) is 6.20 Å². The Morgan fingerprint density at radius 1 is 1.28 bits per heavy atom. The summed E-state index contributed by atoms with van der Waals surface area (Å²) in [4.78, 5) is 0. The van der Waals surface area contributed by atoms with Crippen LogP contribution < -0.4 is 21.5 Å². The minimum atomic E-state index is -0.401. The summed E-state index contributed by atoms with van der Waals surface area (Å²) in [6.45, 7) is 5.90. The summed E-state index contributed by atoms with van der Waals surface area (Å²) in [7, 11) is 0. The molecule has 104 valence electrons. The van der Waals surface area contributed by atoms with Crippen molar-refractivity contribution in [3.8, 4) is 0 Å². The molecule has 0 aliphatic carbocycles. The average molecular weight is 317 g/mol. The minimum absolute atomic E-state index is 0. The highest BCUT2D eigenvalue weighted by molar-refractivity contribution is 5.13. The molecule has 1 heterocycles. The normalized spacial score (nSPS) is 11.9. The van der Waals surface area contributed by atoms with E-state index in [0.29, 0.717) is 0 Å². The van der Waals surface area contributed by atoms with Crippen molar-refractivity contribution in [2.45, 2.75) is 58.1 Å². The molecule has 1 aromatic rings. The van der Waals surface area contributed by atoms with Gasteiger partial charge in [-0.15, -0.1) is 0 Å². The van der Waals surface area contributed by atoms with Crippen molar-refractivity contribution in [3.05, 3.63) is 25.3 Å². The summed E-state index contributed by atoms with van der Waals surface area (Å²) in [6.07, 6.45) is 15.3. The van der Waals surface area contributed by atoms with Crippen LogP contribution in [-0.2, 0) is 0 Å². The predicted octanol–water partition coefficient (Wildman–Crippen LogP) is 0.122. The Labute approximate surface area is 121 Å². The van der Waals surface area contributed by atoms with E-state index in [1.165, 1.54) is 32.1 Å². The van der Waals surface area contributed by atoms with Crippen molar-refractivity contribution in [2.24, 2.45) is 0 Å². The molecule has 0 aliphatic rings. The van der Waals surface area contributed by atoms with Gasteiger partial charge in [-0.2, -0.15) is 0 Å². The Hall–Kier alpha value is -0.610. The topological polar surface area (TPSA) is 29.0 Å². The molecule has 0 aliphatic heterocycles. The number of aromatic nitrogens is 2. The number of aliphatic hydroxyl groups excluding tert-OH is 1. The zero-order valence-corrected chi connectivity index (χ0v) is 12.8. The number of imidazole rings is 1. The van der Waals surface area contributed by atoms with Gasteiger partial charge in [-0.3, -0.25) is 0 Å². The van der Waals surface area contributed by atoms with E-state index in [9.17, 15) is 5.11 Å². The molecule has 0 spiro atoms. The lowest BCUT2D eigenvalue weighted by atomic mass is 10.1. The van der Waals surface area contributed by atoms with Gasteiger partial charge in [0, 0.05) is 6.42 Å². The Balaban J connectivity index is 0.00000289. The first-order valence-electron chi connectivity index (χ1n) is 6.66. The molecule has 1 N–H and O–H groups in total. The molecule has 1 aromatic heterocycles. The SMILES string of the molecule is C=Cn1cc[n+](C(O)CCCCCCCC)c1.[Br-]. The predicted molar refractivity (Wildman–Crippen MR) is 70.3 cm³/mol. The summed E-state index contributed by atoms with van der Waals surface area (Å²) < 4.78 is 3.66. The van der Waals surface area contributed by atoms with Crippen molar-refractivity contribution in [1.82, 2.24) is 4.57 Å². The standard InChI is InChI=1S/C14H25N2O.BrH/c1-3-5-6-7-8-9-10-14(17)16-12-11-15(4-2)13-16;/h4,11-14,17H,2-3,5-10H2,1H3;1H/q+1;/p-1. The van der Waals surface area contributed by atoms with Crippen LogP contribution in [-0.4, -0.2) is 9.67 Å². The average Bonchev–Trinajstić information content (AvgIpc) is 2.82. The van der Waals surface area contributed by atoms with Crippen molar-refractivity contribution in [2.75, 3.05) is 0 Å². The third kappa shape index (κ3) is 6.36. The molecule has 3 nitrogen and oxygen atoms in total. The number of unbranched alkanes of at least 4 members (excludes halogenated alkanes) is 5. The molecule has 1 rings (SSSR count). The number of nitrogens with zero attached hydrogens (tertiary/aromatic N) is 2. The molecule has 0 saturated carbocycles. The van der Waals surface area contributed by atoms with Gasteiger partial charge in [-0.1, -0.05) is 45.6 Å². The number of hydrogen-bond donors (Lipinski definition) is 1. The number of aliphatic hydroxyl groups is 1. The first-order chi connectivity index (χ1) is 8.27. The summed E-state index contributed by atoms with van der Waals surface area (Å²) >= 11 is 0. The second-order valence-corrected chi connectivity index (χ2v) is 4.53. The van der Waals surface area contributed by atoms with Crippen LogP contribution in [0.25, 0.3) is 6.20 Å². The van der Waals surface area contributed by atoms with Crippen LogP contribution in [0, 0.1) is 0 Å². The van der Waals surface area contributed by atoms with E-state index in [4.69, 9.17) is 0 Å². The number of rotatable bonds is 9. The Bertz CT molecular complexity index is 325. The fourth-order valence-electron chi connectivity index (χ4n) is 1.93. The van der Waals surface area contributed by atoms with Crippen molar-refractivity contribution < 1.29 is 26.7 Å². The fraction of sp³-hybridized carbons (Fsp3) is 0.643. The van der Waals surface area contributed by atoms with Crippen molar-refractivity contribution >= 4 is 6.20 Å². The van der Waals surface area contributed by atoms with Gasteiger partial charge in [0.25, 0.3) is 6.33 Å². The number of halogens is 1. The van der Waals surface area contributed by atoms with Gasteiger partial charge in [-0.05, 0) is 6.42 Å². The van der Waals surface area contributed by atoms with Gasteiger partial charge in [0.2, 0.25) is 0 Å². The van der Waals surface area contributed by atoms with Crippen LogP contribution >= 0.6 is 0 Å². The van der Waals surface area contributed by atoms with Gasteiger partial charge >= 0.3 is 0 Å². The summed E-state index contributed by atoms with van der Waals surface area (Å²) in [5, 5.41) is 9.95. The van der Waals surface area contributed by atoms with Gasteiger partial charge in [-0.25, -0.2) is 9.13 Å². The van der Waals surface area contributed by atoms with E-state index in [0.717, 1.165) is 12.8 Å². The molecule has 0 fully saturated rings. The maximum atomic E-state index is 9.95.